The third-order valence-electron chi connectivity index (χ3n) is 2.14. The number of oxazole rings is 1. The number of aromatic nitrogens is 1. The second-order valence-electron chi connectivity index (χ2n) is 3.23. The number of fused-ring (bicyclic) bond motifs is 1. The summed E-state index contributed by atoms with van der Waals surface area (Å²) in [4.78, 5) is 4.30. The van der Waals surface area contributed by atoms with Crippen LogP contribution >= 0.6 is 27.5 Å². The highest BCUT2D eigenvalue weighted by Crippen LogP contribution is 2.32. The molecule has 0 N–H and O–H groups in total. The number of benzene rings is 1. The highest BCUT2D eigenvalue weighted by molar-refractivity contribution is 9.10. The van der Waals surface area contributed by atoms with Gasteiger partial charge in [0.2, 0.25) is 0 Å². The first-order chi connectivity index (χ1) is 7.74. The highest BCUT2D eigenvalue weighted by atomic mass is 79.9. The molecule has 0 aliphatic carbocycles. The van der Waals surface area contributed by atoms with Crippen LogP contribution in [0.25, 0.3) is 22.8 Å². The first-order valence-corrected chi connectivity index (χ1v) is 5.70. The predicted octanol–water partition coefficient (Wildman–Crippen LogP) is 4.50. The Morgan fingerprint density at radius 1 is 1.31 bits per heavy atom. The minimum absolute atomic E-state index is 0.447. The lowest BCUT2D eigenvalue weighted by atomic mass is 10.3. The first kappa shape index (κ1) is 9.93. The average molecular weight is 299 g/mol. The lowest BCUT2D eigenvalue weighted by Gasteiger charge is -1.91. The summed E-state index contributed by atoms with van der Waals surface area (Å²) in [7, 11) is 0. The molecular weight excluding hydrogens is 293 g/mol. The van der Waals surface area contributed by atoms with E-state index in [0.717, 1.165) is 4.47 Å². The molecular formula is C11H5BrClNO2. The fourth-order valence-corrected chi connectivity index (χ4v) is 2.34. The monoisotopic (exact) mass is 297 g/mol. The van der Waals surface area contributed by atoms with Gasteiger partial charge in [-0.1, -0.05) is 11.6 Å². The topological polar surface area (TPSA) is 39.2 Å². The van der Waals surface area contributed by atoms with E-state index >= 15 is 0 Å². The minimum atomic E-state index is 0.447. The van der Waals surface area contributed by atoms with E-state index in [1.807, 2.05) is 0 Å². The van der Waals surface area contributed by atoms with Crippen molar-refractivity contribution in [2.75, 3.05) is 0 Å². The van der Waals surface area contributed by atoms with Crippen molar-refractivity contribution in [2.24, 2.45) is 0 Å². The number of halogens is 2. The van der Waals surface area contributed by atoms with E-state index in [4.69, 9.17) is 20.4 Å². The van der Waals surface area contributed by atoms with E-state index in [1.54, 1.807) is 30.5 Å². The van der Waals surface area contributed by atoms with E-state index < -0.39 is 0 Å². The van der Waals surface area contributed by atoms with Crippen LogP contribution in [-0.2, 0) is 0 Å². The van der Waals surface area contributed by atoms with Crippen molar-refractivity contribution in [3.05, 3.63) is 40.0 Å². The van der Waals surface area contributed by atoms with Crippen molar-refractivity contribution >= 4 is 38.6 Å². The molecule has 2 heterocycles. The first-order valence-electron chi connectivity index (χ1n) is 4.53. The van der Waals surface area contributed by atoms with Gasteiger partial charge in [0, 0.05) is 5.02 Å². The van der Waals surface area contributed by atoms with Crippen molar-refractivity contribution in [1.29, 1.82) is 0 Å². The van der Waals surface area contributed by atoms with Crippen LogP contribution in [0.4, 0.5) is 0 Å². The molecule has 0 unspecified atom stereocenters. The van der Waals surface area contributed by atoms with Crippen LogP contribution in [0.5, 0.6) is 0 Å². The second-order valence-corrected chi connectivity index (χ2v) is 4.52. The number of furan rings is 1. The molecule has 0 aliphatic heterocycles. The zero-order valence-electron chi connectivity index (χ0n) is 7.91. The summed E-state index contributed by atoms with van der Waals surface area (Å²) in [6, 6.07) is 7.09. The maximum absolute atomic E-state index is 5.92. The van der Waals surface area contributed by atoms with E-state index in [0.29, 0.717) is 27.8 Å². The Hall–Kier alpha value is -1.26. The van der Waals surface area contributed by atoms with Crippen molar-refractivity contribution in [3.8, 4) is 11.7 Å². The Morgan fingerprint density at radius 2 is 2.19 bits per heavy atom. The largest absolute Gasteiger partial charge is 0.459 e. The number of hydrogen-bond acceptors (Lipinski definition) is 3. The van der Waals surface area contributed by atoms with Gasteiger partial charge in [0.15, 0.2) is 11.3 Å². The molecule has 0 radical (unpaired) electrons. The summed E-state index contributed by atoms with van der Waals surface area (Å²) in [5, 5.41) is 0.610. The van der Waals surface area contributed by atoms with Crippen LogP contribution in [0.15, 0.2) is 43.8 Å². The highest BCUT2D eigenvalue weighted by Gasteiger charge is 2.13. The van der Waals surface area contributed by atoms with Crippen molar-refractivity contribution < 1.29 is 8.83 Å². The van der Waals surface area contributed by atoms with Gasteiger partial charge in [0.05, 0.1) is 10.7 Å². The third kappa shape index (κ3) is 1.54. The van der Waals surface area contributed by atoms with E-state index in [1.165, 1.54) is 0 Å². The fraction of sp³-hybridized carbons (Fsp3) is 0. The Kier molecular flexibility index (Phi) is 2.26. The summed E-state index contributed by atoms with van der Waals surface area (Å²) < 4.78 is 11.6. The van der Waals surface area contributed by atoms with Gasteiger partial charge in [-0.3, -0.25) is 0 Å². The molecule has 5 heteroatoms. The van der Waals surface area contributed by atoms with Crippen LogP contribution in [0.2, 0.25) is 5.02 Å². The van der Waals surface area contributed by atoms with Crippen molar-refractivity contribution in [2.45, 2.75) is 0 Å². The summed E-state index contributed by atoms with van der Waals surface area (Å²) in [5.41, 5.74) is 1.36. The van der Waals surface area contributed by atoms with Crippen LogP contribution in [0, 0.1) is 0 Å². The third-order valence-corrected chi connectivity index (χ3v) is 2.95. The Labute approximate surface area is 104 Å². The Bertz CT molecular complexity index is 645. The number of hydrogen-bond donors (Lipinski definition) is 0. The smallest absolute Gasteiger partial charge is 0.263 e. The van der Waals surface area contributed by atoms with Gasteiger partial charge in [-0.05, 0) is 40.2 Å². The molecule has 3 nitrogen and oxygen atoms in total. The molecule has 0 atom stereocenters. The predicted molar refractivity (Wildman–Crippen MR) is 64.4 cm³/mol. The molecule has 0 fully saturated rings. The maximum atomic E-state index is 5.92. The van der Waals surface area contributed by atoms with Gasteiger partial charge in [0.25, 0.3) is 5.89 Å². The molecule has 2 aromatic heterocycles. The molecule has 3 rings (SSSR count). The van der Waals surface area contributed by atoms with Crippen molar-refractivity contribution in [3.63, 3.8) is 0 Å². The second kappa shape index (κ2) is 3.64. The van der Waals surface area contributed by atoms with Crippen molar-refractivity contribution in [1.82, 2.24) is 4.98 Å². The van der Waals surface area contributed by atoms with Gasteiger partial charge in [-0.15, -0.1) is 0 Å². The van der Waals surface area contributed by atoms with Gasteiger partial charge in [-0.25, -0.2) is 4.98 Å². The molecule has 0 spiro atoms. The molecule has 16 heavy (non-hydrogen) atoms. The molecule has 0 saturated heterocycles. The van der Waals surface area contributed by atoms with E-state index in [2.05, 4.69) is 20.9 Å². The summed E-state index contributed by atoms with van der Waals surface area (Å²) in [5.74, 6) is 1.04. The lowest BCUT2D eigenvalue weighted by Crippen LogP contribution is -1.72. The van der Waals surface area contributed by atoms with Crippen LogP contribution in [0.1, 0.15) is 0 Å². The maximum Gasteiger partial charge on any atom is 0.263 e. The van der Waals surface area contributed by atoms with Crippen LogP contribution in [-0.4, -0.2) is 4.98 Å². The molecule has 0 saturated carbocycles. The standard InChI is InChI=1S/C11H5BrClNO2/c12-7-4-6(13)5-8-10(7)16-11(14-8)9-2-1-3-15-9/h1-5H. The normalized spacial score (nSPS) is 11.1. The molecule has 80 valence electrons. The fourth-order valence-electron chi connectivity index (χ4n) is 1.47. The Morgan fingerprint density at radius 3 is 2.94 bits per heavy atom. The van der Waals surface area contributed by atoms with Gasteiger partial charge < -0.3 is 8.83 Å². The Balaban J connectivity index is 2.27. The SMILES string of the molecule is Clc1cc(Br)c2oc(-c3ccco3)nc2c1. The zero-order valence-corrected chi connectivity index (χ0v) is 10.2. The molecule has 3 aromatic rings. The lowest BCUT2D eigenvalue weighted by molar-refractivity contribution is 0.534. The van der Waals surface area contributed by atoms with E-state index in [-0.39, 0.29) is 0 Å². The van der Waals surface area contributed by atoms with E-state index in [9.17, 15) is 0 Å². The van der Waals surface area contributed by atoms with Gasteiger partial charge in [-0.2, -0.15) is 0 Å². The molecule has 0 aliphatic rings. The average Bonchev–Trinajstić information content (AvgIpc) is 2.82. The van der Waals surface area contributed by atoms with Gasteiger partial charge in [0.1, 0.15) is 5.52 Å². The summed E-state index contributed by atoms with van der Waals surface area (Å²) in [6.07, 6.45) is 1.58. The zero-order chi connectivity index (χ0) is 11.1. The van der Waals surface area contributed by atoms with Crippen LogP contribution in [0.3, 0.4) is 0 Å². The number of rotatable bonds is 1. The minimum Gasteiger partial charge on any atom is -0.459 e. The molecule has 1 aromatic carbocycles. The van der Waals surface area contributed by atoms with Crippen LogP contribution < -0.4 is 0 Å². The van der Waals surface area contributed by atoms with Gasteiger partial charge >= 0.3 is 0 Å². The molecule has 0 bridgehead atoms. The summed E-state index contributed by atoms with van der Waals surface area (Å²) in [6.45, 7) is 0. The number of nitrogens with zero attached hydrogens (tertiary/aromatic N) is 1. The summed E-state index contributed by atoms with van der Waals surface area (Å²) >= 11 is 9.30. The quantitative estimate of drug-likeness (QED) is 0.664. The molecule has 0 amide bonds.